The molecule has 1 aliphatic carbocycles. The number of hydrogen-bond acceptors (Lipinski definition) is 2. The van der Waals surface area contributed by atoms with Gasteiger partial charge in [-0.25, -0.2) is 0 Å². The van der Waals surface area contributed by atoms with Crippen molar-refractivity contribution in [3.63, 3.8) is 0 Å². The Balaban J connectivity index is 2.73. The molecule has 4 N–H and O–H groups in total. The van der Waals surface area contributed by atoms with Gasteiger partial charge < -0.3 is 11.1 Å². The van der Waals surface area contributed by atoms with Crippen LogP contribution in [0.2, 0.25) is 0 Å². The summed E-state index contributed by atoms with van der Waals surface area (Å²) in [5.41, 5.74) is 8.20. The molecule has 16 heavy (non-hydrogen) atoms. The molecule has 92 valence electrons. The second kappa shape index (κ2) is 6.84. The third kappa shape index (κ3) is 4.47. The summed E-state index contributed by atoms with van der Waals surface area (Å²) in [5.74, 6) is 0.0562. The SMILES string of the molecule is CC(S)/C1=C(\CNC(=N)N)CCCCCC1. The Morgan fingerprint density at radius 3 is 2.56 bits per heavy atom. The van der Waals surface area contributed by atoms with E-state index in [0.29, 0.717) is 5.25 Å². The summed E-state index contributed by atoms with van der Waals surface area (Å²) >= 11 is 4.56. The monoisotopic (exact) mass is 241 g/mol. The molecule has 0 saturated carbocycles. The number of nitrogens with two attached hydrogens (primary N) is 1. The van der Waals surface area contributed by atoms with Gasteiger partial charge in [0.1, 0.15) is 0 Å². The van der Waals surface area contributed by atoms with Gasteiger partial charge in [0.15, 0.2) is 5.96 Å². The molecule has 1 rings (SSSR count). The van der Waals surface area contributed by atoms with Crippen molar-refractivity contribution in [2.75, 3.05) is 6.54 Å². The van der Waals surface area contributed by atoms with E-state index in [1.807, 2.05) is 0 Å². The fourth-order valence-electron chi connectivity index (χ4n) is 2.25. The van der Waals surface area contributed by atoms with E-state index >= 15 is 0 Å². The van der Waals surface area contributed by atoms with Crippen LogP contribution in [0.1, 0.15) is 45.4 Å². The Morgan fingerprint density at radius 2 is 2.00 bits per heavy atom. The molecule has 0 bridgehead atoms. The van der Waals surface area contributed by atoms with Gasteiger partial charge in [0.05, 0.1) is 0 Å². The maximum absolute atomic E-state index is 7.21. The summed E-state index contributed by atoms with van der Waals surface area (Å²) in [7, 11) is 0. The van der Waals surface area contributed by atoms with Gasteiger partial charge in [0.2, 0.25) is 0 Å². The maximum atomic E-state index is 7.21. The zero-order chi connectivity index (χ0) is 12.0. The average molecular weight is 241 g/mol. The van der Waals surface area contributed by atoms with Crippen LogP contribution in [-0.2, 0) is 0 Å². The van der Waals surface area contributed by atoms with Gasteiger partial charge in [0, 0.05) is 11.8 Å². The van der Waals surface area contributed by atoms with Gasteiger partial charge in [-0.05, 0) is 32.6 Å². The van der Waals surface area contributed by atoms with Gasteiger partial charge in [-0.3, -0.25) is 5.41 Å². The molecule has 0 aliphatic heterocycles. The lowest BCUT2D eigenvalue weighted by molar-refractivity contribution is 0.597. The van der Waals surface area contributed by atoms with Crippen molar-refractivity contribution in [3.05, 3.63) is 11.1 Å². The molecule has 0 heterocycles. The maximum Gasteiger partial charge on any atom is 0.185 e. The molecular formula is C12H23N3S. The van der Waals surface area contributed by atoms with Gasteiger partial charge in [-0.1, -0.05) is 24.0 Å². The Bertz CT molecular complexity index is 271. The van der Waals surface area contributed by atoms with E-state index < -0.39 is 0 Å². The third-order valence-corrected chi connectivity index (χ3v) is 3.44. The second-order valence-electron chi connectivity index (χ2n) is 4.49. The summed E-state index contributed by atoms with van der Waals surface area (Å²) < 4.78 is 0. The molecule has 4 heteroatoms. The zero-order valence-electron chi connectivity index (χ0n) is 10.1. The predicted octanol–water partition coefficient (Wildman–Crippen LogP) is 2.44. The number of thiol groups is 1. The van der Waals surface area contributed by atoms with Gasteiger partial charge in [-0.2, -0.15) is 12.6 Å². The molecule has 0 aromatic heterocycles. The Labute approximate surface area is 104 Å². The van der Waals surface area contributed by atoms with E-state index in [4.69, 9.17) is 11.1 Å². The molecule has 0 fully saturated rings. The lowest BCUT2D eigenvalue weighted by Crippen LogP contribution is -2.32. The summed E-state index contributed by atoms with van der Waals surface area (Å²) in [5, 5.41) is 10.4. The first kappa shape index (κ1) is 13.4. The number of nitrogens with one attached hydrogen (secondary N) is 2. The van der Waals surface area contributed by atoms with E-state index in [0.717, 1.165) is 19.4 Å². The minimum Gasteiger partial charge on any atom is -0.370 e. The van der Waals surface area contributed by atoms with Crippen molar-refractivity contribution < 1.29 is 0 Å². The molecule has 0 aromatic carbocycles. The fourth-order valence-corrected chi connectivity index (χ4v) is 2.56. The lowest BCUT2D eigenvalue weighted by atomic mass is 9.91. The fraction of sp³-hybridized carbons (Fsp3) is 0.750. The Morgan fingerprint density at radius 1 is 1.38 bits per heavy atom. The first-order chi connectivity index (χ1) is 7.61. The van der Waals surface area contributed by atoms with E-state index in [1.165, 1.54) is 36.8 Å². The molecule has 3 nitrogen and oxygen atoms in total. The zero-order valence-corrected chi connectivity index (χ0v) is 10.9. The van der Waals surface area contributed by atoms with E-state index in [2.05, 4.69) is 24.9 Å². The molecule has 0 aromatic rings. The van der Waals surface area contributed by atoms with Crippen LogP contribution >= 0.6 is 12.6 Å². The van der Waals surface area contributed by atoms with E-state index in [-0.39, 0.29) is 5.96 Å². The second-order valence-corrected chi connectivity index (χ2v) is 5.26. The smallest absolute Gasteiger partial charge is 0.185 e. The van der Waals surface area contributed by atoms with Crippen molar-refractivity contribution in [1.82, 2.24) is 5.32 Å². The van der Waals surface area contributed by atoms with Crippen LogP contribution in [0.4, 0.5) is 0 Å². The van der Waals surface area contributed by atoms with Crippen LogP contribution in [-0.4, -0.2) is 17.8 Å². The van der Waals surface area contributed by atoms with Crippen LogP contribution in [0.15, 0.2) is 11.1 Å². The predicted molar refractivity (Wildman–Crippen MR) is 73.1 cm³/mol. The highest BCUT2D eigenvalue weighted by Crippen LogP contribution is 2.27. The molecule has 1 unspecified atom stereocenters. The minimum atomic E-state index is 0.0562. The highest BCUT2D eigenvalue weighted by molar-refractivity contribution is 7.81. The van der Waals surface area contributed by atoms with Crippen LogP contribution in [0.3, 0.4) is 0 Å². The van der Waals surface area contributed by atoms with Gasteiger partial charge >= 0.3 is 0 Å². The van der Waals surface area contributed by atoms with Crippen molar-refractivity contribution in [1.29, 1.82) is 5.41 Å². The molecule has 0 saturated heterocycles. The largest absolute Gasteiger partial charge is 0.370 e. The van der Waals surface area contributed by atoms with Crippen LogP contribution in [0.5, 0.6) is 0 Å². The van der Waals surface area contributed by atoms with Crippen molar-refractivity contribution in [2.45, 2.75) is 50.7 Å². The van der Waals surface area contributed by atoms with E-state index in [9.17, 15) is 0 Å². The molecule has 1 aliphatic rings. The highest BCUT2D eigenvalue weighted by Gasteiger charge is 2.13. The van der Waals surface area contributed by atoms with Crippen LogP contribution in [0.25, 0.3) is 0 Å². The molecule has 1 atom stereocenters. The van der Waals surface area contributed by atoms with Crippen LogP contribution < -0.4 is 11.1 Å². The average Bonchev–Trinajstić information content (AvgIpc) is 2.15. The van der Waals surface area contributed by atoms with Crippen LogP contribution in [0, 0.1) is 5.41 Å². The van der Waals surface area contributed by atoms with Crippen molar-refractivity contribution >= 4 is 18.6 Å². The normalized spacial score (nSPS) is 24.4. The van der Waals surface area contributed by atoms with Crippen molar-refractivity contribution in [2.24, 2.45) is 5.73 Å². The number of rotatable bonds is 3. The van der Waals surface area contributed by atoms with E-state index in [1.54, 1.807) is 0 Å². The minimum absolute atomic E-state index is 0.0562. The summed E-state index contributed by atoms with van der Waals surface area (Å²) in [6.07, 6.45) is 7.44. The topological polar surface area (TPSA) is 61.9 Å². The third-order valence-electron chi connectivity index (χ3n) is 3.13. The molecule has 0 amide bonds. The Kier molecular flexibility index (Phi) is 5.74. The summed E-state index contributed by atoms with van der Waals surface area (Å²) in [6, 6.07) is 0. The molecular weight excluding hydrogens is 218 g/mol. The number of hydrogen-bond donors (Lipinski definition) is 4. The number of guanidine groups is 1. The standard InChI is InChI=1S/C12H23N3S/c1-9(16)11-7-5-3-2-4-6-10(11)8-15-12(13)14/h9,16H,2-8H2,1H3,(H4,13,14,15)/b11-10-. The van der Waals surface area contributed by atoms with Gasteiger partial charge in [-0.15, -0.1) is 0 Å². The van der Waals surface area contributed by atoms with Gasteiger partial charge in [0.25, 0.3) is 0 Å². The first-order valence-electron chi connectivity index (χ1n) is 6.08. The molecule has 0 spiro atoms. The first-order valence-corrected chi connectivity index (χ1v) is 6.59. The lowest BCUT2D eigenvalue weighted by Gasteiger charge is -2.21. The quantitative estimate of drug-likeness (QED) is 0.265. The van der Waals surface area contributed by atoms with Crippen molar-refractivity contribution in [3.8, 4) is 0 Å². The highest BCUT2D eigenvalue weighted by atomic mass is 32.1. The summed E-state index contributed by atoms with van der Waals surface area (Å²) in [4.78, 5) is 0. The molecule has 0 radical (unpaired) electrons. The summed E-state index contributed by atoms with van der Waals surface area (Å²) in [6.45, 7) is 2.85. The Hall–Kier alpha value is -0.640.